The summed E-state index contributed by atoms with van der Waals surface area (Å²) in [6.07, 6.45) is 2.92. The standard InChI is InChI=1S/C41H48N8O5/c1-27(2)21-36(46-41(52)54-26-29-9-6-5-7-10-29)39(50)48-19-17-47(18-20-48)33-12-8-11-31(22-33)35-24-44-49-37(42)34(23-43-38(35)49)30-13-15-32(16-14-30)45-40(51)53-25-28(3)4/h5-16,22-24,27-28,36H,17-21,25-26,42H2,1-4H3,(H,45,51)(H,46,52). The van der Waals surface area contributed by atoms with Crippen LogP contribution in [0.2, 0.25) is 0 Å². The third kappa shape index (κ3) is 9.27. The Labute approximate surface area is 315 Å². The Morgan fingerprint density at radius 3 is 2.24 bits per heavy atom. The van der Waals surface area contributed by atoms with Gasteiger partial charge in [-0.1, -0.05) is 82.3 Å². The van der Waals surface area contributed by atoms with E-state index in [-0.39, 0.29) is 24.3 Å². The highest BCUT2D eigenvalue weighted by molar-refractivity contribution is 5.87. The zero-order valence-electron chi connectivity index (χ0n) is 31.2. The second-order valence-electron chi connectivity index (χ2n) is 14.3. The molecule has 0 aliphatic carbocycles. The summed E-state index contributed by atoms with van der Waals surface area (Å²) in [6, 6.07) is 24.3. The number of nitrogens with one attached hydrogen (secondary N) is 2. The van der Waals surface area contributed by atoms with E-state index in [0.29, 0.717) is 61.9 Å². The van der Waals surface area contributed by atoms with Crippen LogP contribution in [0.4, 0.5) is 26.8 Å². The number of fused-ring (bicyclic) bond motifs is 1. The lowest BCUT2D eigenvalue weighted by molar-refractivity contribution is -0.134. The van der Waals surface area contributed by atoms with Crippen molar-refractivity contribution in [2.45, 2.75) is 46.8 Å². The fourth-order valence-corrected chi connectivity index (χ4v) is 6.38. The van der Waals surface area contributed by atoms with Crippen LogP contribution >= 0.6 is 0 Å². The summed E-state index contributed by atoms with van der Waals surface area (Å²) in [5.41, 5.74) is 13.1. The number of benzene rings is 3. The molecule has 0 bridgehead atoms. The second-order valence-corrected chi connectivity index (χ2v) is 14.3. The van der Waals surface area contributed by atoms with Gasteiger partial charge < -0.3 is 30.3 Å². The van der Waals surface area contributed by atoms with Gasteiger partial charge in [-0.3, -0.25) is 10.1 Å². The highest BCUT2D eigenvalue weighted by Gasteiger charge is 2.30. The first-order valence-corrected chi connectivity index (χ1v) is 18.3. The molecular weight excluding hydrogens is 685 g/mol. The number of hydrogen-bond acceptors (Lipinski definition) is 9. The highest BCUT2D eigenvalue weighted by atomic mass is 16.6. The van der Waals surface area contributed by atoms with Crippen molar-refractivity contribution in [3.63, 3.8) is 0 Å². The van der Waals surface area contributed by atoms with Gasteiger partial charge in [0.05, 0.1) is 12.8 Å². The zero-order valence-corrected chi connectivity index (χ0v) is 31.2. The zero-order chi connectivity index (χ0) is 38.2. The number of carbonyl (C=O) groups excluding carboxylic acids is 3. The molecular formula is C41H48N8O5. The molecule has 1 atom stereocenters. The lowest BCUT2D eigenvalue weighted by Crippen LogP contribution is -2.55. The maximum absolute atomic E-state index is 13.6. The topological polar surface area (TPSA) is 156 Å². The minimum Gasteiger partial charge on any atom is -0.449 e. The third-order valence-electron chi connectivity index (χ3n) is 9.18. The molecule has 0 radical (unpaired) electrons. The molecule has 6 rings (SSSR count). The number of hydrogen-bond donors (Lipinski definition) is 3. The van der Waals surface area contributed by atoms with Gasteiger partial charge in [0.15, 0.2) is 5.65 Å². The number of piperazine rings is 1. The largest absolute Gasteiger partial charge is 0.449 e. The van der Waals surface area contributed by atoms with E-state index in [0.717, 1.165) is 27.9 Å². The number of aromatic nitrogens is 3. The molecule has 3 aromatic carbocycles. The quantitative estimate of drug-likeness (QED) is 0.125. The van der Waals surface area contributed by atoms with Crippen molar-refractivity contribution in [3.05, 3.63) is 96.8 Å². The fourth-order valence-electron chi connectivity index (χ4n) is 6.38. The van der Waals surface area contributed by atoms with E-state index in [2.05, 4.69) is 32.8 Å². The maximum atomic E-state index is 13.6. The number of ether oxygens (including phenoxy) is 2. The van der Waals surface area contributed by atoms with Crippen molar-refractivity contribution in [2.24, 2.45) is 11.8 Å². The van der Waals surface area contributed by atoms with Crippen LogP contribution in [0.25, 0.3) is 27.9 Å². The molecule has 13 heteroatoms. The fraction of sp³-hybridized carbons (Fsp3) is 0.341. The Morgan fingerprint density at radius 1 is 0.796 bits per heavy atom. The average Bonchev–Trinajstić information content (AvgIpc) is 3.62. The number of anilines is 3. The third-order valence-corrected chi connectivity index (χ3v) is 9.18. The van der Waals surface area contributed by atoms with Gasteiger partial charge in [0.25, 0.3) is 0 Å². The average molecular weight is 733 g/mol. The van der Waals surface area contributed by atoms with Crippen molar-refractivity contribution >= 4 is 40.9 Å². The van der Waals surface area contributed by atoms with Crippen molar-refractivity contribution in [1.29, 1.82) is 0 Å². The SMILES string of the molecule is CC(C)COC(=O)Nc1ccc(-c2cnc3c(-c4cccc(N5CCN(C(=O)C(CC(C)C)NC(=O)OCc6ccccc6)CC5)c4)cnn3c2N)cc1. The number of nitrogen functional groups attached to an aromatic ring is 1. The van der Waals surface area contributed by atoms with Gasteiger partial charge >= 0.3 is 12.2 Å². The molecule has 13 nitrogen and oxygen atoms in total. The van der Waals surface area contributed by atoms with Crippen LogP contribution in [0.3, 0.4) is 0 Å². The summed E-state index contributed by atoms with van der Waals surface area (Å²) in [4.78, 5) is 47.2. The lowest BCUT2D eigenvalue weighted by atomic mass is 10.0. The number of carbonyl (C=O) groups is 3. The van der Waals surface area contributed by atoms with Crippen LogP contribution < -0.4 is 21.3 Å². The number of nitrogens with two attached hydrogens (primary N) is 1. The minimum absolute atomic E-state index is 0.0995. The second kappa shape index (κ2) is 17.1. The maximum Gasteiger partial charge on any atom is 0.411 e. The van der Waals surface area contributed by atoms with Gasteiger partial charge in [-0.25, -0.2) is 14.6 Å². The molecule has 282 valence electrons. The van der Waals surface area contributed by atoms with Gasteiger partial charge in [0.1, 0.15) is 18.5 Å². The molecule has 5 aromatic rings. The van der Waals surface area contributed by atoms with E-state index >= 15 is 0 Å². The van der Waals surface area contributed by atoms with Crippen molar-refractivity contribution in [2.75, 3.05) is 48.7 Å². The van der Waals surface area contributed by atoms with Crippen LogP contribution in [-0.2, 0) is 20.9 Å². The lowest BCUT2D eigenvalue weighted by Gasteiger charge is -2.38. The molecule has 2 aromatic heterocycles. The van der Waals surface area contributed by atoms with Crippen molar-refractivity contribution < 1.29 is 23.9 Å². The van der Waals surface area contributed by atoms with E-state index in [9.17, 15) is 14.4 Å². The van der Waals surface area contributed by atoms with Gasteiger partial charge in [0.2, 0.25) is 5.91 Å². The van der Waals surface area contributed by atoms with Crippen molar-refractivity contribution in [3.8, 4) is 22.3 Å². The molecule has 1 aliphatic heterocycles. The normalized spacial score (nSPS) is 13.6. The first kappa shape index (κ1) is 37.6. The summed E-state index contributed by atoms with van der Waals surface area (Å²) < 4.78 is 12.3. The van der Waals surface area contributed by atoms with Gasteiger partial charge in [-0.2, -0.15) is 9.61 Å². The predicted molar refractivity (Wildman–Crippen MR) is 210 cm³/mol. The highest BCUT2D eigenvalue weighted by Crippen LogP contribution is 2.32. The van der Waals surface area contributed by atoms with Gasteiger partial charge in [-0.05, 0) is 59.2 Å². The van der Waals surface area contributed by atoms with E-state index in [1.54, 1.807) is 29.0 Å². The molecule has 1 unspecified atom stereocenters. The number of rotatable bonds is 12. The summed E-state index contributed by atoms with van der Waals surface area (Å²) in [6.45, 7) is 10.8. The van der Waals surface area contributed by atoms with Gasteiger partial charge in [0, 0.05) is 54.9 Å². The Bertz CT molecular complexity index is 2060. The van der Waals surface area contributed by atoms with Crippen LogP contribution in [0.1, 0.15) is 39.7 Å². The van der Waals surface area contributed by atoms with Crippen LogP contribution in [0.15, 0.2) is 91.3 Å². The van der Waals surface area contributed by atoms with E-state index in [4.69, 9.17) is 20.2 Å². The molecule has 0 spiro atoms. The molecule has 0 saturated carbocycles. The van der Waals surface area contributed by atoms with Gasteiger partial charge in [-0.15, -0.1) is 0 Å². The number of nitrogens with zero attached hydrogens (tertiary/aromatic N) is 5. The Morgan fingerprint density at radius 2 is 1.54 bits per heavy atom. The minimum atomic E-state index is -0.666. The first-order chi connectivity index (χ1) is 26.0. The van der Waals surface area contributed by atoms with Crippen LogP contribution in [0, 0.1) is 11.8 Å². The Balaban J connectivity index is 1.09. The molecule has 1 saturated heterocycles. The van der Waals surface area contributed by atoms with E-state index in [1.165, 1.54) is 0 Å². The first-order valence-electron chi connectivity index (χ1n) is 18.3. The Hall–Kier alpha value is -6.11. The van der Waals surface area contributed by atoms with Crippen LogP contribution in [0.5, 0.6) is 0 Å². The molecule has 1 fully saturated rings. The van der Waals surface area contributed by atoms with Crippen molar-refractivity contribution in [1.82, 2.24) is 24.8 Å². The Kier molecular flexibility index (Phi) is 12.0. The molecule has 4 N–H and O–H groups in total. The van der Waals surface area contributed by atoms with Crippen LogP contribution in [-0.4, -0.2) is 76.4 Å². The predicted octanol–water partition coefficient (Wildman–Crippen LogP) is 6.84. The monoisotopic (exact) mass is 732 g/mol. The number of alkyl carbamates (subject to hydrolysis) is 1. The summed E-state index contributed by atoms with van der Waals surface area (Å²) in [5, 5.41) is 10.1. The van der Waals surface area contributed by atoms with E-state index < -0.39 is 18.2 Å². The smallest absolute Gasteiger partial charge is 0.411 e. The summed E-state index contributed by atoms with van der Waals surface area (Å²) >= 11 is 0. The molecule has 3 heterocycles. The van der Waals surface area contributed by atoms with E-state index in [1.807, 2.05) is 87.2 Å². The molecule has 54 heavy (non-hydrogen) atoms. The molecule has 3 amide bonds. The number of amides is 3. The summed E-state index contributed by atoms with van der Waals surface area (Å²) in [5.74, 6) is 0.794. The summed E-state index contributed by atoms with van der Waals surface area (Å²) in [7, 11) is 0. The molecule has 1 aliphatic rings.